The number of carboxylic acids is 1. The summed E-state index contributed by atoms with van der Waals surface area (Å²) < 4.78 is 5.49. The molecule has 0 aliphatic carbocycles. The third-order valence-corrected chi connectivity index (χ3v) is 3.08. The minimum absolute atomic E-state index is 0.131. The molecule has 6 heteroatoms. The Balaban J connectivity index is 1.94. The molecule has 18 heavy (non-hydrogen) atoms. The molecule has 0 radical (unpaired) electrons. The number of pyridine rings is 1. The van der Waals surface area contributed by atoms with Gasteiger partial charge >= 0.3 is 5.97 Å². The molecule has 0 saturated carbocycles. The van der Waals surface area contributed by atoms with Gasteiger partial charge in [0.15, 0.2) is 0 Å². The number of nitrogens with zero attached hydrogens (tertiary/aromatic N) is 1. The highest BCUT2D eigenvalue weighted by molar-refractivity contribution is 6.29. The summed E-state index contributed by atoms with van der Waals surface area (Å²) in [5, 5.41) is 12.3. The Labute approximate surface area is 110 Å². The molecule has 0 amide bonds. The smallest absolute Gasteiger partial charge is 0.339 e. The Kier molecular flexibility index (Phi) is 4.38. The number of hydrogen-bond donors (Lipinski definition) is 2. The largest absolute Gasteiger partial charge is 0.478 e. The van der Waals surface area contributed by atoms with Crippen LogP contribution in [0.2, 0.25) is 5.15 Å². The molecule has 1 fully saturated rings. The molecule has 2 N–H and O–H groups in total. The molecule has 0 bridgehead atoms. The summed E-state index contributed by atoms with van der Waals surface area (Å²) in [5.74, 6) is -0.702. The van der Waals surface area contributed by atoms with Gasteiger partial charge in [-0.15, -0.1) is 0 Å². The van der Waals surface area contributed by atoms with Gasteiger partial charge in [0.25, 0.3) is 0 Å². The van der Waals surface area contributed by atoms with Gasteiger partial charge in [0.05, 0.1) is 6.10 Å². The standard InChI is InChI=1S/C12H15ClN2O3/c13-10-4-3-9(12(16)17)11(15-10)14-6-5-8-2-1-7-18-8/h3-4,8H,1-2,5-7H2,(H,14,15)(H,16,17). The van der Waals surface area contributed by atoms with Crippen LogP contribution in [0.3, 0.4) is 0 Å². The number of aromatic carboxylic acids is 1. The number of hydrogen-bond acceptors (Lipinski definition) is 4. The Hall–Kier alpha value is -1.33. The molecule has 1 aromatic rings. The van der Waals surface area contributed by atoms with E-state index in [1.54, 1.807) is 0 Å². The van der Waals surface area contributed by atoms with Crippen LogP contribution < -0.4 is 5.32 Å². The number of nitrogens with one attached hydrogen (secondary N) is 1. The second-order valence-electron chi connectivity index (χ2n) is 4.19. The zero-order valence-corrected chi connectivity index (χ0v) is 10.6. The van der Waals surface area contributed by atoms with Crippen molar-refractivity contribution in [3.8, 4) is 0 Å². The summed E-state index contributed by atoms with van der Waals surface area (Å²) in [6.45, 7) is 1.44. The summed E-state index contributed by atoms with van der Waals surface area (Å²) in [5.41, 5.74) is 0.131. The molecule has 1 aliphatic heterocycles. The zero-order chi connectivity index (χ0) is 13.0. The monoisotopic (exact) mass is 270 g/mol. The van der Waals surface area contributed by atoms with E-state index in [1.807, 2.05) is 0 Å². The van der Waals surface area contributed by atoms with Crippen LogP contribution in [0.1, 0.15) is 29.6 Å². The van der Waals surface area contributed by atoms with Crippen molar-refractivity contribution in [2.75, 3.05) is 18.5 Å². The molecule has 1 saturated heterocycles. The first-order valence-electron chi connectivity index (χ1n) is 5.92. The molecule has 2 heterocycles. The third kappa shape index (κ3) is 3.34. The average molecular weight is 271 g/mol. The molecule has 0 aromatic carbocycles. The second kappa shape index (κ2) is 6.02. The van der Waals surface area contributed by atoms with Gasteiger partial charge in [-0.05, 0) is 31.4 Å². The van der Waals surface area contributed by atoms with Crippen molar-refractivity contribution in [1.29, 1.82) is 0 Å². The fourth-order valence-electron chi connectivity index (χ4n) is 1.97. The zero-order valence-electron chi connectivity index (χ0n) is 9.86. The van der Waals surface area contributed by atoms with Crippen molar-refractivity contribution in [2.45, 2.75) is 25.4 Å². The van der Waals surface area contributed by atoms with Gasteiger partial charge in [-0.25, -0.2) is 9.78 Å². The SMILES string of the molecule is O=C(O)c1ccc(Cl)nc1NCCC1CCCO1. The van der Waals surface area contributed by atoms with Crippen molar-refractivity contribution in [3.05, 3.63) is 22.8 Å². The molecule has 98 valence electrons. The highest BCUT2D eigenvalue weighted by Gasteiger charge is 2.16. The topological polar surface area (TPSA) is 71.5 Å². The van der Waals surface area contributed by atoms with Crippen molar-refractivity contribution in [2.24, 2.45) is 0 Å². The Morgan fingerprint density at radius 2 is 2.44 bits per heavy atom. The van der Waals surface area contributed by atoms with E-state index in [2.05, 4.69) is 10.3 Å². The van der Waals surface area contributed by atoms with Crippen LogP contribution in [0, 0.1) is 0 Å². The van der Waals surface area contributed by atoms with E-state index < -0.39 is 5.97 Å². The van der Waals surface area contributed by atoms with E-state index in [-0.39, 0.29) is 16.8 Å². The number of carbonyl (C=O) groups is 1. The number of ether oxygens (including phenoxy) is 1. The maximum atomic E-state index is 11.0. The van der Waals surface area contributed by atoms with E-state index in [1.165, 1.54) is 12.1 Å². The number of halogens is 1. The summed E-state index contributed by atoms with van der Waals surface area (Å²) in [6, 6.07) is 2.92. The van der Waals surface area contributed by atoms with Crippen LogP contribution in [0.4, 0.5) is 5.82 Å². The van der Waals surface area contributed by atoms with Gasteiger partial charge in [-0.3, -0.25) is 0 Å². The fraction of sp³-hybridized carbons (Fsp3) is 0.500. The molecule has 0 spiro atoms. The van der Waals surface area contributed by atoms with Crippen molar-refractivity contribution < 1.29 is 14.6 Å². The van der Waals surface area contributed by atoms with Gasteiger partial charge in [-0.2, -0.15) is 0 Å². The van der Waals surface area contributed by atoms with E-state index >= 15 is 0 Å². The molecule has 1 aliphatic rings. The number of aromatic nitrogens is 1. The highest BCUT2D eigenvalue weighted by atomic mass is 35.5. The predicted octanol–water partition coefficient (Wildman–Crippen LogP) is 2.41. The molecule has 2 rings (SSSR count). The summed E-state index contributed by atoms with van der Waals surface area (Å²) in [6.07, 6.45) is 3.27. The van der Waals surface area contributed by atoms with E-state index in [9.17, 15) is 4.79 Å². The molecule has 1 unspecified atom stereocenters. The van der Waals surface area contributed by atoms with E-state index in [0.717, 1.165) is 25.9 Å². The van der Waals surface area contributed by atoms with E-state index in [0.29, 0.717) is 12.4 Å². The van der Waals surface area contributed by atoms with Crippen LogP contribution in [-0.4, -0.2) is 35.3 Å². The van der Waals surface area contributed by atoms with Crippen LogP contribution >= 0.6 is 11.6 Å². The lowest BCUT2D eigenvalue weighted by atomic mass is 10.2. The molecule has 5 nitrogen and oxygen atoms in total. The molecule has 1 atom stereocenters. The van der Waals surface area contributed by atoms with Gasteiger partial charge in [0, 0.05) is 13.2 Å². The minimum Gasteiger partial charge on any atom is -0.478 e. The molecule has 1 aromatic heterocycles. The lowest BCUT2D eigenvalue weighted by molar-refractivity contribution is 0.0697. The number of anilines is 1. The van der Waals surface area contributed by atoms with Gasteiger partial charge in [0.2, 0.25) is 0 Å². The molecular weight excluding hydrogens is 256 g/mol. The molecular formula is C12H15ClN2O3. The van der Waals surface area contributed by atoms with Crippen LogP contribution in [0.15, 0.2) is 12.1 Å². The van der Waals surface area contributed by atoms with Crippen LogP contribution in [0.25, 0.3) is 0 Å². The predicted molar refractivity (Wildman–Crippen MR) is 68.3 cm³/mol. The summed E-state index contributed by atoms with van der Waals surface area (Å²) in [4.78, 5) is 15.0. The number of carboxylic acid groups (broad SMARTS) is 1. The van der Waals surface area contributed by atoms with E-state index in [4.69, 9.17) is 21.4 Å². The van der Waals surface area contributed by atoms with Gasteiger partial charge < -0.3 is 15.2 Å². The van der Waals surface area contributed by atoms with Crippen molar-refractivity contribution in [3.63, 3.8) is 0 Å². The summed E-state index contributed by atoms with van der Waals surface area (Å²) in [7, 11) is 0. The Morgan fingerprint density at radius 3 is 3.11 bits per heavy atom. The fourth-order valence-corrected chi connectivity index (χ4v) is 2.11. The summed E-state index contributed by atoms with van der Waals surface area (Å²) >= 11 is 5.76. The highest BCUT2D eigenvalue weighted by Crippen LogP contribution is 2.18. The van der Waals surface area contributed by atoms with Crippen molar-refractivity contribution >= 4 is 23.4 Å². The normalized spacial score (nSPS) is 18.8. The lowest BCUT2D eigenvalue weighted by Crippen LogP contribution is -2.15. The average Bonchev–Trinajstić information content (AvgIpc) is 2.82. The van der Waals surface area contributed by atoms with Crippen LogP contribution in [-0.2, 0) is 4.74 Å². The third-order valence-electron chi connectivity index (χ3n) is 2.87. The Morgan fingerprint density at radius 1 is 1.61 bits per heavy atom. The number of rotatable bonds is 5. The quantitative estimate of drug-likeness (QED) is 0.804. The lowest BCUT2D eigenvalue weighted by Gasteiger charge is -2.12. The first-order chi connectivity index (χ1) is 8.66. The van der Waals surface area contributed by atoms with Crippen LogP contribution in [0.5, 0.6) is 0 Å². The van der Waals surface area contributed by atoms with Gasteiger partial charge in [0.1, 0.15) is 16.5 Å². The maximum Gasteiger partial charge on any atom is 0.339 e. The minimum atomic E-state index is -1.02. The first-order valence-corrected chi connectivity index (χ1v) is 6.30. The first kappa shape index (κ1) is 13.1. The maximum absolute atomic E-state index is 11.0. The second-order valence-corrected chi connectivity index (χ2v) is 4.57. The van der Waals surface area contributed by atoms with Gasteiger partial charge in [-0.1, -0.05) is 11.6 Å². The Bertz CT molecular complexity index is 433. The van der Waals surface area contributed by atoms with Crippen molar-refractivity contribution in [1.82, 2.24) is 4.98 Å².